The van der Waals surface area contributed by atoms with E-state index in [1.165, 1.54) is 37.9 Å². The van der Waals surface area contributed by atoms with Crippen molar-refractivity contribution in [2.24, 2.45) is 0 Å². The minimum atomic E-state index is 0.699. The molecule has 0 radical (unpaired) electrons. The third-order valence-electron chi connectivity index (χ3n) is 9.18. The van der Waals surface area contributed by atoms with Gasteiger partial charge in [-0.15, -0.1) is 0 Å². The zero-order valence-electron chi connectivity index (χ0n) is 26.1. The molecule has 48 heavy (non-hydrogen) atoms. The van der Waals surface area contributed by atoms with Crippen molar-refractivity contribution in [1.82, 2.24) is 15.0 Å². The lowest BCUT2D eigenvalue weighted by Crippen LogP contribution is -1.97. The highest BCUT2D eigenvalue weighted by Crippen LogP contribution is 2.39. The maximum Gasteiger partial charge on any atom is 0.159 e. The fraction of sp³-hybridized carbons (Fsp3) is 0. The average Bonchev–Trinajstić information content (AvgIpc) is 3.17. The van der Waals surface area contributed by atoms with Crippen LogP contribution in [-0.2, 0) is 0 Å². The molecule has 0 aliphatic heterocycles. The molecule has 0 N–H and O–H groups in total. The maximum atomic E-state index is 5.32. The van der Waals surface area contributed by atoms with Gasteiger partial charge in [-0.25, -0.2) is 9.97 Å². The second-order valence-corrected chi connectivity index (χ2v) is 12.1. The zero-order chi connectivity index (χ0) is 31.9. The molecule has 0 aliphatic carbocycles. The molecule has 0 amide bonds. The van der Waals surface area contributed by atoms with E-state index in [1.807, 2.05) is 18.5 Å². The summed E-state index contributed by atoms with van der Waals surface area (Å²) >= 11 is 0. The maximum absolute atomic E-state index is 5.32. The lowest BCUT2D eigenvalue weighted by Gasteiger charge is -2.15. The van der Waals surface area contributed by atoms with Gasteiger partial charge in [-0.1, -0.05) is 127 Å². The van der Waals surface area contributed by atoms with Crippen molar-refractivity contribution in [3.05, 3.63) is 176 Å². The standard InChI is InChI=1S/C45H29N3/c1-2-11-31-25-37(22-21-30(31)10-1)45-47-29-43(34-15-7-13-32(24-34)38-17-9-23-46-28-38)44(48-45)36-16-8-14-33(26-36)42-27-35-12-3-4-18-39(35)40-19-5-6-20-41(40)42/h1-29H. The van der Waals surface area contributed by atoms with Crippen molar-refractivity contribution in [1.29, 1.82) is 0 Å². The van der Waals surface area contributed by atoms with E-state index >= 15 is 0 Å². The summed E-state index contributed by atoms with van der Waals surface area (Å²) in [6, 6.07) is 55.9. The molecule has 0 bridgehead atoms. The largest absolute Gasteiger partial charge is 0.264 e. The molecule has 7 aromatic carbocycles. The Labute approximate surface area is 278 Å². The zero-order valence-corrected chi connectivity index (χ0v) is 26.1. The SMILES string of the molecule is c1cncc(-c2cccc(-c3cnc(-c4ccc5ccccc5c4)nc3-c3cccc(-c4cc5ccccc5c5ccccc45)c3)c2)c1. The van der Waals surface area contributed by atoms with Gasteiger partial charge in [0.1, 0.15) is 0 Å². The normalized spacial score (nSPS) is 11.3. The van der Waals surface area contributed by atoms with Crippen molar-refractivity contribution < 1.29 is 0 Å². The van der Waals surface area contributed by atoms with Crippen LogP contribution in [0.2, 0.25) is 0 Å². The number of hydrogen-bond donors (Lipinski definition) is 0. The molecule has 0 aliphatic rings. The van der Waals surface area contributed by atoms with Gasteiger partial charge < -0.3 is 0 Å². The van der Waals surface area contributed by atoms with Gasteiger partial charge in [0.25, 0.3) is 0 Å². The van der Waals surface area contributed by atoms with Gasteiger partial charge in [-0.3, -0.25) is 4.98 Å². The first-order chi connectivity index (χ1) is 23.8. The van der Waals surface area contributed by atoms with Crippen LogP contribution in [0.25, 0.3) is 88.3 Å². The Balaban J connectivity index is 1.24. The molecule has 0 spiro atoms. The van der Waals surface area contributed by atoms with E-state index in [9.17, 15) is 0 Å². The first kappa shape index (κ1) is 27.8. The molecule has 0 saturated heterocycles. The number of rotatable bonds is 5. The molecule has 224 valence electrons. The minimum Gasteiger partial charge on any atom is -0.264 e. The molecular weight excluding hydrogens is 583 g/mol. The smallest absolute Gasteiger partial charge is 0.159 e. The fourth-order valence-corrected chi connectivity index (χ4v) is 6.81. The summed E-state index contributed by atoms with van der Waals surface area (Å²) in [5.74, 6) is 0.699. The number of pyridine rings is 1. The van der Waals surface area contributed by atoms with E-state index in [0.717, 1.165) is 44.6 Å². The molecule has 0 atom stereocenters. The van der Waals surface area contributed by atoms with E-state index in [2.05, 4.69) is 157 Å². The second kappa shape index (κ2) is 11.7. The van der Waals surface area contributed by atoms with E-state index in [1.54, 1.807) is 6.20 Å². The summed E-state index contributed by atoms with van der Waals surface area (Å²) in [4.78, 5) is 14.6. The van der Waals surface area contributed by atoms with Gasteiger partial charge in [0, 0.05) is 40.8 Å². The van der Waals surface area contributed by atoms with Crippen LogP contribution in [0, 0.1) is 0 Å². The lowest BCUT2D eigenvalue weighted by atomic mass is 9.91. The van der Waals surface area contributed by atoms with Crippen LogP contribution >= 0.6 is 0 Å². The summed E-state index contributed by atoms with van der Waals surface area (Å²) in [6.45, 7) is 0. The van der Waals surface area contributed by atoms with Gasteiger partial charge in [-0.05, 0) is 84.9 Å². The van der Waals surface area contributed by atoms with Gasteiger partial charge in [-0.2, -0.15) is 0 Å². The highest BCUT2D eigenvalue weighted by Gasteiger charge is 2.16. The molecule has 9 rings (SSSR count). The van der Waals surface area contributed by atoms with Crippen LogP contribution in [0.5, 0.6) is 0 Å². The number of nitrogens with zero attached hydrogens (tertiary/aromatic N) is 3. The lowest BCUT2D eigenvalue weighted by molar-refractivity contribution is 1.18. The Morgan fingerprint density at radius 1 is 0.354 bits per heavy atom. The van der Waals surface area contributed by atoms with Crippen molar-refractivity contribution in [3.63, 3.8) is 0 Å². The van der Waals surface area contributed by atoms with Crippen molar-refractivity contribution in [2.75, 3.05) is 0 Å². The summed E-state index contributed by atoms with van der Waals surface area (Å²) in [7, 11) is 0. The molecule has 9 aromatic rings. The summed E-state index contributed by atoms with van der Waals surface area (Å²) < 4.78 is 0. The van der Waals surface area contributed by atoms with Crippen LogP contribution in [0.15, 0.2) is 176 Å². The minimum absolute atomic E-state index is 0.699. The Hall–Kier alpha value is -6.45. The average molecular weight is 612 g/mol. The van der Waals surface area contributed by atoms with E-state index in [0.29, 0.717) is 5.82 Å². The monoisotopic (exact) mass is 611 g/mol. The van der Waals surface area contributed by atoms with Crippen molar-refractivity contribution in [2.45, 2.75) is 0 Å². The van der Waals surface area contributed by atoms with Gasteiger partial charge in [0.05, 0.1) is 5.69 Å². The number of fused-ring (bicyclic) bond motifs is 4. The predicted molar refractivity (Wildman–Crippen MR) is 200 cm³/mol. The third kappa shape index (κ3) is 4.99. The molecule has 3 heteroatoms. The Morgan fingerprint density at radius 2 is 1.02 bits per heavy atom. The summed E-state index contributed by atoms with van der Waals surface area (Å²) in [5, 5.41) is 7.34. The second-order valence-electron chi connectivity index (χ2n) is 12.1. The Morgan fingerprint density at radius 3 is 1.85 bits per heavy atom. The Kier molecular flexibility index (Phi) is 6.80. The van der Waals surface area contributed by atoms with Gasteiger partial charge >= 0.3 is 0 Å². The molecule has 2 heterocycles. The van der Waals surface area contributed by atoms with Crippen LogP contribution in [0.1, 0.15) is 0 Å². The summed E-state index contributed by atoms with van der Waals surface area (Å²) in [5.41, 5.74) is 9.47. The fourth-order valence-electron chi connectivity index (χ4n) is 6.81. The molecule has 0 fully saturated rings. The third-order valence-corrected chi connectivity index (χ3v) is 9.18. The first-order valence-corrected chi connectivity index (χ1v) is 16.2. The Bertz CT molecular complexity index is 2620. The predicted octanol–water partition coefficient (Wildman–Crippen LogP) is 11.7. The topological polar surface area (TPSA) is 38.7 Å². The quantitative estimate of drug-likeness (QED) is 0.182. The first-order valence-electron chi connectivity index (χ1n) is 16.2. The summed E-state index contributed by atoms with van der Waals surface area (Å²) in [6.07, 6.45) is 5.68. The molecule has 0 unspecified atom stereocenters. The van der Waals surface area contributed by atoms with Crippen LogP contribution in [0.4, 0.5) is 0 Å². The van der Waals surface area contributed by atoms with Crippen LogP contribution in [-0.4, -0.2) is 15.0 Å². The highest BCUT2D eigenvalue weighted by molar-refractivity contribution is 6.13. The van der Waals surface area contributed by atoms with E-state index < -0.39 is 0 Å². The molecule has 0 saturated carbocycles. The van der Waals surface area contributed by atoms with E-state index in [4.69, 9.17) is 9.97 Å². The molecular formula is C45H29N3. The van der Waals surface area contributed by atoms with Gasteiger partial charge in [0.15, 0.2) is 5.82 Å². The number of benzene rings is 7. The number of aromatic nitrogens is 3. The van der Waals surface area contributed by atoms with Crippen LogP contribution < -0.4 is 0 Å². The van der Waals surface area contributed by atoms with Crippen molar-refractivity contribution in [3.8, 4) is 56.0 Å². The van der Waals surface area contributed by atoms with Crippen molar-refractivity contribution >= 4 is 32.3 Å². The van der Waals surface area contributed by atoms with E-state index in [-0.39, 0.29) is 0 Å². The molecule has 2 aromatic heterocycles. The van der Waals surface area contributed by atoms with Gasteiger partial charge in [0.2, 0.25) is 0 Å². The van der Waals surface area contributed by atoms with Crippen LogP contribution in [0.3, 0.4) is 0 Å². The number of hydrogen-bond acceptors (Lipinski definition) is 3. The molecule has 3 nitrogen and oxygen atoms in total. The highest BCUT2D eigenvalue weighted by atomic mass is 14.9.